The van der Waals surface area contributed by atoms with Crippen LogP contribution >= 0.6 is 0 Å². The lowest BCUT2D eigenvalue weighted by Gasteiger charge is -2.35. The summed E-state index contributed by atoms with van der Waals surface area (Å²) < 4.78 is 5.36. The molecule has 1 aliphatic heterocycles. The van der Waals surface area contributed by atoms with Crippen LogP contribution in [-0.2, 0) is 15.6 Å². The highest BCUT2D eigenvalue weighted by molar-refractivity contribution is 5.91. The van der Waals surface area contributed by atoms with Gasteiger partial charge in [0.15, 0.2) is 0 Å². The number of aliphatic hydroxyl groups is 1. The zero-order chi connectivity index (χ0) is 18.8. The van der Waals surface area contributed by atoms with Gasteiger partial charge in [0.05, 0.1) is 25.9 Å². The number of amides is 2. The van der Waals surface area contributed by atoms with Gasteiger partial charge in [-0.15, -0.1) is 0 Å². The number of ether oxygens (including phenoxy) is 1. The molecule has 0 aliphatic carbocycles. The second-order valence-corrected chi connectivity index (χ2v) is 8.80. The van der Waals surface area contributed by atoms with Crippen LogP contribution in [0.3, 0.4) is 0 Å². The van der Waals surface area contributed by atoms with Crippen molar-refractivity contribution in [3.8, 4) is 0 Å². The fourth-order valence-electron chi connectivity index (χ4n) is 3.03. The van der Waals surface area contributed by atoms with Crippen molar-refractivity contribution in [2.75, 3.05) is 31.7 Å². The Morgan fingerprint density at radius 2 is 1.92 bits per heavy atom. The first kappa shape index (κ1) is 19.7. The molecule has 2 N–H and O–H groups in total. The van der Waals surface area contributed by atoms with Crippen LogP contribution in [0, 0.1) is 0 Å². The molecule has 0 bridgehead atoms. The minimum Gasteiger partial charge on any atom is -0.394 e. The molecule has 1 aromatic rings. The number of carbonyl (C=O) groups excluding carboxylic acids is 1. The van der Waals surface area contributed by atoms with E-state index in [0.29, 0.717) is 19.8 Å². The third-order valence-electron chi connectivity index (χ3n) is 4.63. The number of nitrogens with zero attached hydrogens (tertiary/aromatic N) is 1. The summed E-state index contributed by atoms with van der Waals surface area (Å²) in [5.74, 6) is 0. The van der Waals surface area contributed by atoms with E-state index in [1.165, 1.54) is 5.56 Å². The molecule has 5 nitrogen and oxygen atoms in total. The number of carbonyl (C=O) groups is 1. The molecule has 1 aliphatic rings. The van der Waals surface area contributed by atoms with Crippen molar-refractivity contribution < 1.29 is 14.6 Å². The van der Waals surface area contributed by atoms with E-state index >= 15 is 0 Å². The van der Waals surface area contributed by atoms with Crippen LogP contribution < -0.4 is 5.32 Å². The monoisotopic (exact) mass is 348 g/mol. The number of anilines is 1. The number of aliphatic hydroxyl groups excluding tert-OH is 1. The Hall–Kier alpha value is -1.59. The Morgan fingerprint density at radius 1 is 1.24 bits per heavy atom. The topological polar surface area (TPSA) is 61.8 Å². The molecular weight excluding hydrogens is 316 g/mol. The molecule has 1 atom stereocenters. The molecule has 0 aromatic heterocycles. The SMILES string of the molecule is CC(C)(C)c1ccc(C(C)(C)C)c(NC(=O)N2CCOC[C@@H]2CO)c1. The van der Waals surface area contributed by atoms with Crippen LogP contribution in [0.25, 0.3) is 0 Å². The van der Waals surface area contributed by atoms with E-state index in [1.807, 2.05) is 0 Å². The highest BCUT2D eigenvalue weighted by Crippen LogP contribution is 2.34. The Balaban J connectivity index is 2.34. The summed E-state index contributed by atoms with van der Waals surface area (Å²) >= 11 is 0. The number of morpholine rings is 1. The molecule has 1 saturated heterocycles. The van der Waals surface area contributed by atoms with Crippen molar-refractivity contribution in [1.82, 2.24) is 4.90 Å². The highest BCUT2D eigenvalue weighted by Gasteiger charge is 2.28. The first-order valence-electron chi connectivity index (χ1n) is 8.95. The third kappa shape index (κ3) is 4.73. The molecule has 0 saturated carbocycles. The van der Waals surface area contributed by atoms with Gasteiger partial charge >= 0.3 is 6.03 Å². The van der Waals surface area contributed by atoms with Crippen molar-refractivity contribution in [3.05, 3.63) is 29.3 Å². The maximum absolute atomic E-state index is 12.8. The fraction of sp³-hybridized carbons (Fsp3) is 0.650. The van der Waals surface area contributed by atoms with Gasteiger partial charge in [0.1, 0.15) is 0 Å². The Labute approximate surface area is 151 Å². The minimum atomic E-state index is -0.294. The zero-order valence-electron chi connectivity index (χ0n) is 16.3. The number of urea groups is 1. The number of hydrogen-bond acceptors (Lipinski definition) is 3. The normalized spacial score (nSPS) is 19.0. The van der Waals surface area contributed by atoms with Gasteiger partial charge < -0.3 is 20.1 Å². The molecule has 1 fully saturated rings. The zero-order valence-corrected chi connectivity index (χ0v) is 16.3. The van der Waals surface area contributed by atoms with Crippen LogP contribution in [0.5, 0.6) is 0 Å². The highest BCUT2D eigenvalue weighted by atomic mass is 16.5. The summed E-state index contributed by atoms with van der Waals surface area (Å²) in [7, 11) is 0. The standard InChI is InChI=1S/C20H32N2O3/c1-19(2,3)14-7-8-16(20(4,5)6)17(11-14)21-18(24)22-9-10-25-13-15(22)12-23/h7-8,11,15,23H,9-10,12-13H2,1-6H3,(H,21,24)/t15-/m0/s1. The molecule has 0 radical (unpaired) electrons. The van der Waals surface area contributed by atoms with E-state index in [9.17, 15) is 9.90 Å². The second kappa shape index (κ2) is 7.34. The first-order valence-corrected chi connectivity index (χ1v) is 8.95. The van der Waals surface area contributed by atoms with E-state index in [4.69, 9.17) is 4.74 Å². The lowest BCUT2D eigenvalue weighted by molar-refractivity contribution is -0.00485. The third-order valence-corrected chi connectivity index (χ3v) is 4.63. The van der Waals surface area contributed by atoms with Crippen molar-refractivity contribution in [1.29, 1.82) is 0 Å². The number of rotatable bonds is 2. The summed E-state index contributed by atoms with van der Waals surface area (Å²) in [6.07, 6.45) is 0. The lowest BCUT2D eigenvalue weighted by atomic mass is 9.81. The maximum Gasteiger partial charge on any atom is 0.322 e. The van der Waals surface area contributed by atoms with E-state index < -0.39 is 0 Å². The second-order valence-electron chi connectivity index (χ2n) is 8.80. The van der Waals surface area contributed by atoms with Gasteiger partial charge in [-0.05, 0) is 28.0 Å². The predicted molar refractivity (Wildman–Crippen MR) is 101 cm³/mol. The Morgan fingerprint density at radius 3 is 2.48 bits per heavy atom. The van der Waals surface area contributed by atoms with Crippen molar-refractivity contribution in [2.45, 2.75) is 58.4 Å². The van der Waals surface area contributed by atoms with Gasteiger partial charge in [-0.3, -0.25) is 0 Å². The van der Waals surface area contributed by atoms with Crippen molar-refractivity contribution in [2.24, 2.45) is 0 Å². The Bertz CT molecular complexity index is 614. The van der Waals surface area contributed by atoms with Crippen LogP contribution in [0.1, 0.15) is 52.7 Å². The summed E-state index contributed by atoms with van der Waals surface area (Å²) in [6.45, 7) is 14.2. The van der Waals surface area contributed by atoms with E-state index in [-0.39, 0.29) is 29.5 Å². The van der Waals surface area contributed by atoms with Crippen LogP contribution in [0.2, 0.25) is 0 Å². The van der Waals surface area contributed by atoms with Crippen LogP contribution in [0.4, 0.5) is 10.5 Å². The van der Waals surface area contributed by atoms with E-state index in [2.05, 4.69) is 65.1 Å². The molecule has 25 heavy (non-hydrogen) atoms. The average Bonchev–Trinajstić information content (AvgIpc) is 2.52. The molecule has 1 heterocycles. The molecule has 1 aromatic carbocycles. The maximum atomic E-state index is 12.8. The summed E-state index contributed by atoms with van der Waals surface area (Å²) in [4.78, 5) is 14.5. The first-order chi connectivity index (χ1) is 11.5. The fourth-order valence-corrected chi connectivity index (χ4v) is 3.03. The summed E-state index contributed by atoms with van der Waals surface area (Å²) in [5, 5.41) is 12.6. The number of benzene rings is 1. The van der Waals surface area contributed by atoms with Gasteiger partial charge in [-0.2, -0.15) is 0 Å². The van der Waals surface area contributed by atoms with Gasteiger partial charge in [-0.25, -0.2) is 4.79 Å². The predicted octanol–water partition coefficient (Wildman–Crippen LogP) is 3.51. The molecule has 2 amide bonds. The van der Waals surface area contributed by atoms with Crippen LogP contribution in [-0.4, -0.2) is 48.4 Å². The van der Waals surface area contributed by atoms with Crippen LogP contribution in [0.15, 0.2) is 18.2 Å². The largest absolute Gasteiger partial charge is 0.394 e. The molecule has 0 spiro atoms. The van der Waals surface area contributed by atoms with Crippen molar-refractivity contribution >= 4 is 11.7 Å². The number of nitrogens with one attached hydrogen (secondary N) is 1. The average molecular weight is 348 g/mol. The lowest BCUT2D eigenvalue weighted by Crippen LogP contribution is -2.52. The summed E-state index contributed by atoms with van der Waals surface area (Å²) in [5.41, 5.74) is 3.04. The molecule has 0 unspecified atom stereocenters. The van der Waals surface area contributed by atoms with Gasteiger partial charge in [-0.1, -0.05) is 53.7 Å². The quantitative estimate of drug-likeness (QED) is 0.860. The molecule has 5 heteroatoms. The minimum absolute atomic E-state index is 0.00247. The van der Waals surface area contributed by atoms with Gasteiger partial charge in [0, 0.05) is 12.2 Å². The summed E-state index contributed by atoms with van der Waals surface area (Å²) in [6, 6.07) is 5.85. The number of hydrogen-bond donors (Lipinski definition) is 2. The molecule has 140 valence electrons. The van der Waals surface area contributed by atoms with Gasteiger partial charge in [0.2, 0.25) is 0 Å². The van der Waals surface area contributed by atoms with Crippen molar-refractivity contribution in [3.63, 3.8) is 0 Å². The molecule has 2 rings (SSSR count). The smallest absolute Gasteiger partial charge is 0.322 e. The van der Waals surface area contributed by atoms with E-state index in [0.717, 1.165) is 11.3 Å². The van der Waals surface area contributed by atoms with Gasteiger partial charge in [0.25, 0.3) is 0 Å². The molecular formula is C20H32N2O3. The Kier molecular flexibility index (Phi) is 5.79. The van der Waals surface area contributed by atoms with E-state index in [1.54, 1.807) is 4.90 Å².